The lowest BCUT2D eigenvalue weighted by Crippen LogP contribution is -2.24. The van der Waals surface area contributed by atoms with Crippen molar-refractivity contribution in [2.45, 2.75) is 17.6 Å². The van der Waals surface area contributed by atoms with Crippen LogP contribution >= 0.6 is 34.8 Å². The van der Waals surface area contributed by atoms with E-state index in [1.165, 1.54) is 18.2 Å². The molecule has 3 aromatic rings. The molecule has 0 atom stereocenters. The Labute approximate surface area is 206 Å². The molecule has 0 spiro atoms. The normalized spacial score (nSPS) is 12.0. The van der Waals surface area contributed by atoms with Crippen LogP contribution in [0.25, 0.3) is 0 Å². The first-order valence-electron chi connectivity index (χ1n) is 9.19. The number of carbonyl (C=O) groups is 1. The van der Waals surface area contributed by atoms with Gasteiger partial charge in [-0.25, -0.2) is 17.5 Å². The monoisotopic (exact) mass is 554 g/mol. The molecule has 0 unspecified atom stereocenters. The second kappa shape index (κ2) is 10.1. The lowest BCUT2D eigenvalue weighted by Gasteiger charge is -2.15. The number of benzene rings is 3. The summed E-state index contributed by atoms with van der Waals surface area (Å²) in [4.78, 5) is 12.1. The molecule has 34 heavy (non-hydrogen) atoms. The topological polar surface area (TPSA) is 75.3 Å². The van der Waals surface area contributed by atoms with E-state index in [4.69, 9.17) is 34.8 Å². The van der Waals surface area contributed by atoms with Crippen LogP contribution in [0.4, 0.5) is 23.2 Å². The Bertz CT molecular complexity index is 1370. The molecule has 0 bridgehead atoms. The molecule has 0 heterocycles. The molecule has 0 radical (unpaired) electrons. The van der Waals surface area contributed by atoms with Crippen molar-refractivity contribution in [3.8, 4) is 0 Å². The maximum absolute atomic E-state index is 14.3. The first-order chi connectivity index (χ1) is 15.8. The standard InChI is InChI=1S/C21H13Cl3F4N2O3S/c22-12-2-6-19(15(8-12)21(26,27)28)30-20(31)14-9-13(3-5-18(14)25)34(32,33)29-10-11-1-4-16(23)17(24)7-11/h1-9,29H,10H2,(H,30,31). The molecule has 2 N–H and O–H groups in total. The largest absolute Gasteiger partial charge is 0.418 e. The summed E-state index contributed by atoms with van der Waals surface area (Å²) in [7, 11) is -4.23. The smallest absolute Gasteiger partial charge is 0.321 e. The molecule has 0 aliphatic heterocycles. The Balaban J connectivity index is 1.86. The van der Waals surface area contributed by atoms with Crippen LogP contribution in [0.15, 0.2) is 59.5 Å². The van der Waals surface area contributed by atoms with Crippen LogP contribution in [-0.4, -0.2) is 14.3 Å². The highest BCUT2D eigenvalue weighted by Gasteiger charge is 2.34. The minimum Gasteiger partial charge on any atom is -0.321 e. The quantitative estimate of drug-likeness (QED) is 0.339. The number of sulfonamides is 1. The van der Waals surface area contributed by atoms with Gasteiger partial charge in [0.25, 0.3) is 5.91 Å². The number of hydrogen-bond donors (Lipinski definition) is 2. The molecule has 5 nitrogen and oxygen atoms in total. The van der Waals surface area contributed by atoms with Gasteiger partial charge in [0, 0.05) is 11.6 Å². The number of amides is 1. The number of alkyl halides is 3. The fraction of sp³-hybridized carbons (Fsp3) is 0.0952. The molecule has 3 aromatic carbocycles. The maximum Gasteiger partial charge on any atom is 0.418 e. The van der Waals surface area contributed by atoms with Crippen LogP contribution in [0, 0.1) is 5.82 Å². The van der Waals surface area contributed by atoms with Crippen molar-refractivity contribution in [1.82, 2.24) is 4.72 Å². The van der Waals surface area contributed by atoms with E-state index in [9.17, 15) is 30.8 Å². The third-order valence-corrected chi connectivity index (χ3v) is 6.85. The van der Waals surface area contributed by atoms with Gasteiger partial charge in [0.2, 0.25) is 10.0 Å². The molecule has 0 aromatic heterocycles. The van der Waals surface area contributed by atoms with Gasteiger partial charge in [-0.3, -0.25) is 4.79 Å². The Morgan fingerprint density at radius 2 is 1.62 bits per heavy atom. The lowest BCUT2D eigenvalue weighted by atomic mass is 10.1. The van der Waals surface area contributed by atoms with E-state index in [2.05, 4.69) is 4.72 Å². The predicted octanol–water partition coefficient (Wildman–Crippen LogP) is 6.54. The average Bonchev–Trinajstić information content (AvgIpc) is 2.75. The molecular weight excluding hydrogens is 543 g/mol. The van der Waals surface area contributed by atoms with Crippen LogP contribution in [-0.2, 0) is 22.7 Å². The van der Waals surface area contributed by atoms with Crippen LogP contribution in [0.3, 0.4) is 0 Å². The molecule has 0 saturated carbocycles. The van der Waals surface area contributed by atoms with Crippen molar-refractivity contribution in [3.63, 3.8) is 0 Å². The van der Waals surface area contributed by atoms with Crippen molar-refractivity contribution in [2.24, 2.45) is 0 Å². The Morgan fingerprint density at radius 1 is 0.912 bits per heavy atom. The van der Waals surface area contributed by atoms with Gasteiger partial charge in [-0.15, -0.1) is 0 Å². The molecule has 3 rings (SSSR count). The van der Waals surface area contributed by atoms with Gasteiger partial charge >= 0.3 is 6.18 Å². The van der Waals surface area contributed by atoms with Gasteiger partial charge in [0.05, 0.1) is 31.8 Å². The number of halogens is 7. The van der Waals surface area contributed by atoms with Gasteiger partial charge in [-0.2, -0.15) is 13.2 Å². The van der Waals surface area contributed by atoms with Crippen molar-refractivity contribution in [1.29, 1.82) is 0 Å². The summed E-state index contributed by atoms with van der Waals surface area (Å²) in [6.07, 6.45) is -4.86. The summed E-state index contributed by atoms with van der Waals surface area (Å²) >= 11 is 17.3. The van der Waals surface area contributed by atoms with Gasteiger partial charge in [0.15, 0.2) is 0 Å². The summed E-state index contributed by atoms with van der Waals surface area (Å²) in [6.45, 7) is -0.197. The number of hydrogen-bond acceptors (Lipinski definition) is 3. The second-order valence-electron chi connectivity index (χ2n) is 6.86. The average molecular weight is 556 g/mol. The van der Waals surface area contributed by atoms with E-state index in [1.54, 1.807) is 0 Å². The third kappa shape index (κ3) is 6.19. The Morgan fingerprint density at radius 3 is 2.26 bits per heavy atom. The second-order valence-corrected chi connectivity index (χ2v) is 9.87. The number of anilines is 1. The zero-order valence-electron chi connectivity index (χ0n) is 16.7. The van der Waals surface area contributed by atoms with E-state index >= 15 is 0 Å². The molecule has 1 amide bonds. The van der Waals surface area contributed by atoms with E-state index in [1.807, 2.05) is 5.32 Å². The fourth-order valence-corrected chi connectivity index (χ4v) is 4.34. The number of nitrogens with one attached hydrogen (secondary N) is 2. The van der Waals surface area contributed by atoms with E-state index in [0.717, 1.165) is 24.3 Å². The van der Waals surface area contributed by atoms with Crippen molar-refractivity contribution >= 4 is 56.4 Å². The highest BCUT2D eigenvalue weighted by molar-refractivity contribution is 7.89. The predicted molar refractivity (Wildman–Crippen MR) is 121 cm³/mol. The van der Waals surface area contributed by atoms with Crippen molar-refractivity contribution in [2.75, 3.05) is 5.32 Å². The number of rotatable bonds is 6. The molecule has 13 heteroatoms. The summed E-state index contributed by atoms with van der Waals surface area (Å²) in [6, 6.07) is 9.40. The van der Waals surface area contributed by atoms with Gasteiger partial charge in [-0.1, -0.05) is 40.9 Å². The Kier molecular flexibility index (Phi) is 7.79. The van der Waals surface area contributed by atoms with Crippen LogP contribution in [0.1, 0.15) is 21.5 Å². The van der Waals surface area contributed by atoms with Crippen LogP contribution < -0.4 is 10.0 Å². The summed E-state index contributed by atoms with van der Waals surface area (Å²) in [5.41, 5.74) is -2.23. The molecule has 0 saturated heterocycles. The van der Waals surface area contributed by atoms with E-state index in [0.29, 0.717) is 17.7 Å². The lowest BCUT2D eigenvalue weighted by molar-refractivity contribution is -0.136. The minimum absolute atomic E-state index is 0.197. The van der Waals surface area contributed by atoms with Gasteiger partial charge in [0.1, 0.15) is 5.82 Å². The Hall–Kier alpha value is -2.37. The molecular formula is C21H13Cl3F4N2O3S. The zero-order chi connectivity index (χ0) is 25.3. The van der Waals surface area contributed by atoms with Gasteiger partial charge < -0.3 is 5.32 Å². The molecule has 0 aliphatic carbocycles. The highest BCUT2D eigenvalue weighted by atomic mass is 35.5. The summed E-state index contributed by atoms with van der Waals surface area (Å²) in [5.74, 6) is -2.42. The van der Waals surface area contributed by atoms with E-state index in [-0.39, 0.29) is 21.6 Å². The van der Waals surface area contributed by atoms with Gasteiger partial charge in [-0.05, 0) is 54.1 Å². The first kappa shape index (κ1) is 26.2. The van der Waals surface area contributed by atoms with Crippen LogP contribution in [0.2, 0.25) is 15.1 Å². The maximum atomic E-state index is 14.3. The summed E-state index contributed by atoms with van der Waals surface area (Å²) in [5, 5.41) is 2.21. The molecule has 180 valence electrons. The SMILES string of the molecule is O=C(Nc1ccc(Cl)cc1C(F)(F)F)c1cc(S(=O)(=O)NCc2ccc(Cl)c(Cl)c2)ccc1F. The van der Waals surface area contributed by atoms with Crippen molar-refractivity contribution < 1.29 is 30.8 Å². The zero-order valence-corrected chi connectivity index (χ0v) is 19.8. The molecule has 0 aliphatic rings. The molecule has 0 fully saturated rings. The summed E-state index contributed by atoms with van der Waals surface area (Å²) < 4.78 is 81.6. The highest BCUT2D eigenvalue weighted by Crippen LogP contribution is 2.36. The van der Waals surface area contributed by atoms with E-state index < -0.39 is 49.6 Å². The van der Waals surface area contributed by atoms with Crippen LogP contribution in [0.5, 0.6) is 0 Å². The first-order valence-corrected chi connectivity index (χ1v) is 11.8. The third-order valence-electron chi connectivity index (χ3n) is 4.48. The minimum atomic E-state index is -4.86. The van der Waals surface area contributed by atoms with Crippen molar-refractivity contribution in [3.05, 3.63) is 92.2 Å². The fourth-order valence-electron chi connectivity index (χ4n) is 2.81. The number of carbonyl (C=O) groups excluding carboxylic acids is 1.